The second-order valence-corrected chi connectivity index (χ2v) is 14.8. The minimum absolute atomic E-state index is 0.181. The van der Waals surface area contributed by atoms with E-state index in [0.29, 0.717) is 12.8 Å². The first-order valence-corrected chi connectivity index (χ1v) is 21.3. The molecule has 3 atom stereocenters. The minimum atomic E-state index is -4.61. The van der Waals surface area contributed by atoms with E-state index in [1.165, 1.54) is 83.5 Å². The van der Waals surface area contributed by atoms with Gasteiger partial charge in [0.15, 0.2) is 6.10 Å². The van der Waals surface area contributed by atoms with Gasteiger partial charge in [0.25, 0.3) is 0 Å². The summed E-state index contributed by atoms with van der Waals surface area (Å²) in [6.07, 6.45) is 33.0. The molecule has 0 aromatic rings. The van der Waals surface area contributed by atoms with Crippen LogP contribution in [0.2, 0.25) is 0 Å². The highest BCUT2D eigenvalue weighted by Crippen LogP contribution is 2.43. The van der Waals surface area contributed by atoms with Crippen LogP contribution in [0.4, 0.5) is 0 Å². The maximum atomic E-state index is 12.5. The molecule has 0 spiro atoms. The molecule has 3 N–H and O–H groups in total. The summed E-state index contributed by atoms with van der Waals surface area (Å²) in [4.78, 5) is 34.7. The summed E-state index contributed by atoms with van der Waals surface area (Å²) < 4.78 is 32.5. The van der Waals surface area contributed by atoms with Crippen LogP contribution in [0.1, 0.15) is 174 Å². The molecule has 0 bridgehead atoms. The van der Waals surface area contributed by atoms with Crippen molar-refractivity contribution < 1.29 is 47.8 Å². The maximum absolute atomic E-state index is 12.5. The Morgan fingerprint density at radius 3 is 1.58 bits per heavy atom. The zero-order valence-electron chi connectivity index (χ0n) is 31.6. The van der Waals surface area contributed by atoms with Crippen LogP contribution in [-0.4, -0.2) is 65.7 Å². The predicted octanol–water partition coefficient (Wildman–Crippen LogP) is 9.83. The number of phosphoric ester groups is 1. The summed E-state index contributed by atoms with van der Waals surface area (Å²) in [7, 11) is -4.61. The summed E-state index contributed by atoms with van der Waals surface area (Å²) in [6.45, 7) is 2.31. The van der Waals surface area contributed by atoms with E-state index in [0.717, 1.165) is 51.4 Å². The maximum Gasteiger partial charge on any atom is 0.472 e. The van der Waals surface area contributed by atoms with E-state index in [-0.39, 0.29) is 19.4 Å². The highest BCUT2D eigenvalue weighted by molar-refractivity contribution is 7.47. The van der Waals surface area contributed by atoms with Crippen LogP contribution >= 0.6 is 7.82 Å². The lowest BCUT2D eigenvalue weighted by Gasteiger charge is -2.20. The third-order valence-corrected chi connectivity index (χ3v) is 9.31. The van der Waals surface area contributed by atoms with Crippen molar-refractivity contribution in [3.05, 3.63) is 24.3 Å². The highest BCUT2D eigenvalue weighted by Gasteiger charge is 2.27. The second-order valence-electron chi connectivity index (χ2n) is 13.3. The Bertz CT molecular complexity index is 894. The number of carbonyl (C=O) groups excluding carboxylic acids is 2. The first-order chi connectivity index (χ1) is 24.2. The largest absolute Gasteiger partial charge is 0.472 e. The van der Waals surface area contributed by atoms with Gasteiger partial charge in [0.05, 0.1) is 19.8 Å². The first-order valence-electron chi connectivity index (χ1n) is 19.8. The van der Waals surface area contributed by atoms with Crippen LogP contribution < -0.4 is 0 Å². The number of rotatable bonds is 37. The molecular formula is C39H73O10P. The number of aliphatic hydroxyl groups is 2. The lowest BCUT2D eigenvalue weighted by atomic mass is 10.1. The minimum Gasteiger partial charge on any atom is -0.462 e. The van der Waals surface area contributed by atoms with Gasteiger partial charge in [-0.05, 0) is 44.9 Å². The van der Waals surface area contributed by atoms with Crippen LogP contribution in [-0.2, 0) is 32.7 Å². The molecule has 0 fully saturated rings. The molecule has 11 heteroatoms. The number of unbranched alkanes of at least 4 members (excludes halogenated alkanes) is 19. The van der Waals surface area contributed by atoms with Crippen LogP contribution in [0.3, 0.4) is 0 Å². The number of aliphatic hydroxyl groups excluding tert-OH is 2. The van der Waals surface area contributed by atoms with Crippen molar-refractivity contribution in [2.75, 3.05) is 26.4 Å². The molecule has 0 rings (SSSR count). The van der Waals surface area contributed by atoms with Gasteiger partial charge < -0.3 is 24.6 Å². The molecule has 0 saturated heterocycles. The molecule has 0 aliphatic carbocycles. The van der Waals surface area contributed by atoms with Crippen molar-refractivity contribution in [1.82, 2.24) is 0 Å². The van der Waals surface area contributed by atoms with Gasteiger partial charge in [-0.2, -0.15) is 0 Å². The molecule has 0 saturated carbocycles. The van der Waals surface area contributed by atoms with Crippen molar-refractivity contribution in [1.29, 1.82) is 0 Å². The van der Waals surface area contributed by atoms with Crippen LogP contribution in [0.5, 0.6) is 0 Å². The zero-order valence-corrected chi connectivity index (χ0v) is 32.5. The van der Waals surface area contributed by atoms with Gasteiger partial charge in [-0.1, -0.05) is 141 Å². The Balaban J connectivity index is 4.25. The summed E-state index contributed by atoms with van der Waals surface area (Å²) in [6, 6.07) is 0. The number of phosphoric acid groups is 1. The number of hydrogen-bond donors (Lipinski definition) is 3. The molecule has 0 radical (unpaired) electrons. The van der Waals surface area contributed by atoms with Crippen molar-refractivity contribution in [2.45, 2.75) is 187 Å². The molecule has 0 aromatic carbocycles. The fourth-order valence-electron chi connectivity index (χ4n) is 5.26. The highest BCUT2D eigenvalue weighted by atomic mass is 31.2. The molecule has 50 heavy (non-hydrogen) atoms. The molecule has 3 unspecified atom stereocenters. The number of esters is 2. The first kappa shape index (κ1) is 48.5. The Morgan fingerprint density at radius 2 is 1.04 bits per heavy atom. The lowest BCUT2D eigenvalue weighted by molar-refractivity contribution is -0.161. The third kappa shape index (κ3) is 34.9. The van der Waals surface area contributed by atoms with Gasteiger partial charge in [0.2, 0.25) is 0 Å². The summed E-state index contributed by atoms with van der Waals surface area (Å²) in [5, 5.41) is 18.3. The fourth-order valence-corrected chi connectivity index (χ4v) is 6.05. The molecule has 0 aliphatic heterocycles. The van der Waals surface area contributed by atoms with Gasteiger partial charge in [-0.3, -0.25) is 18.6 Å². The Hall–Kier alpha value is -1.55. The van der Waals surface area contributed by atoms with Crippen molar-refractivity contribution in [2.24, 2.45) is 0 Å². The van der Waals surface area contributed by atoms with Crippen molar-refractivity contribution in [3.63, 3.8) is 0 Å². The Labute approximate surface area is 304 Å². The van der Waals surface area contributed by atoms with Crippen LogP contribution in [0, 0.1) is 0 Å². The fraction of sp³-hybridized carbons (Fsp3) is 0.846. The van der Waals surface area contributed by atoms with Crippen LogP contribution in [0.15, 0.2) is 24.3 Å². The number of ether oxygens (including phenoxy) is 2. The standard InChI is InChI=1S/C39H73O10P/c1-3-5-7-9-11-13-14-15-16-17-18-19-20-21-22-23-25-27-29-31-39(43)49-37(35-48-50(44,45)47-33-36(41)32-40)34-46-38(42)30-28-26-24-12-10-8-6-4-2/h11,13,15-16,36-37,40-41H,3-10,12,14,17-35H2,1-2H3,(H,44,45)/b13-11-,16-15-. The monoisotopic (exact) mass is 732 g/mol. The normalized spacial score (nSPS) is 14.3. The summed E-state index contributed by atoms with van der Waals surface area (Å²) >= 11 is 0. The van der Waals surface area contributed by atoms with E-state index in [4.69, 9.17) is 19.1 Å². The summed E-state index contributed by atoms with van der Waals surface area (Å²) in [5.41, 5.74) is 0. The van der Waals surface area contributed by atoms with Crippen LogP contribution in [0.25, 0.3) is 0 Å². The molecule has 0 heterocycles. The van der Waals surface area contributed by atoms with E-state index < -0.39 is 51.8 Å². The predicted molar refractivity (Wildman–Crippen MR) is 201 cm³/mol. The van der Waals surface area contributed by atoms with Gasteiger partial charge in [-0.15, -0.1) is 0 Å². The van der Waals surface area contributed by atoms with Gasteiger partial charge >= 0.3 is 19.8 Å². The topological polar surface area (TPSA) is 149 Å². The number of hydrogen-bond acceptors (Lipinski definition) is 9. The van der Waals surface area contributed by atoms with E-state index >= 15 is 0 Å². The summed E-state index contributed by atoms with van der Waals surface area (Å²) in [5.74, 6) is -0.931. The Kier molecular flexibility index (Phi) is 34.7. The molecule has 0 aromatic heterocycles. The molecular weight excluding hydrogens is 659 g/mol. The van der Waals surface area contributed by atoms with Gasteiger partial charge in [0, 0.05) is 12.8 Å². The third-order valence-electron chi connectivity index (χ3n) is 8.36. The van der Waals surface area contributed by atoms with Crippen molar-refractivity contribution >= 4 is 19.8 Å². The van der Waals surface area contributed by atoms with E-state index in [1.807, 2.05) is 0 Å². The van der Waals surface area contributed by atoms with E-state index in [1.54, 1.807) is 0 Å². The molecule has 0 aliphatic rings. The Morgan fingerprint density at radius 1 is 0.600 bits per heavy atom. The van der Waals surface area contributed by atoms with Crippen molar-refractivity contribution in [3.8, 4) is 0 Å². The van der Waals surface area contributed by atoms with Gasteiger partial charge in [-0.25, -0.2) is 4.57 Å². The average molecular weight is 733 g/mol. The smallest absolute Gasteiger partial charge is 0.462 e. The molecule has 10 nitrogen and oxygen atoms in total. The zero-order chi connectivity index (χ0) is 37.0. The van der Waals surface area contributed by atoms with E-state index in [9.17, 15) is 24.2 Å². The quantitative estimate of drug-likeness (QED) is 0.0244. The lowest BCUT2D eigenvalue weighted by Crippen LogP contribution is -2.29. The molecule has 294 valence electrons. The van der Waals surface area contributed by atoms with E-state index in [2.05, 4.69) is 42.7 Å². The SMILES string of the molecule is CCCCC/C=C\C/C=C\CCCCCCCCCCCC(=O)OC(COC(=O)CCCCCCCCCC)COP(=O)(O)OCC(O)CO. The molecule has 0 amide bonds. The average Bonchev–Trinajstić information content (AvgIpc) is 3.10. The number of carbonyl (C=O) groups is 2. The second kappa shape index (κ2) is 35.8. The number of allylic oxidation sites excluding steroid dienone is 4. The van der Waals surface area contributed by atoms with Gasteiger partial charge in [0.1, 0.15) is 12.7 Å².